The van der Waals surface area contributed by atoms with Gasteiger partial charge in [0.2, 0.25) is 10.0 Å². The number of ether oxygens (including phenoxy) is 1. The molecular formula is C15H22N2O5S2. The Kier molecular flexibility index (Phi) is 6.90. The summed E-state index contributed by atoms with van der Waals surface area (Å²) in [5, 5.41) is 8.83. The van der Waals surface area contributed by atoms with Crippen LogP contribution in [0.2, 0.25) is 0 Å². The van der Waals surface area contributed by atoms with Crippen molar-refractivity contribution in [3.8, 4) is 5.75 Å². The molecule has 1 amide bonds. The number of benzene rings is 1. The van der Waals surface area contributed by atoms with Crippen LogP contribution in [0.3, 0.4) is 0 Å². The van der Waals surface area contributed by atoms with E-state index in [9.17, 15) is 13.2 Å². The molecule has 1 heterocycles. The van der Waals surface area contributed by atoms with E-state index in [2.05, 4.69) is 6.92 Å². The number of hydroxylamine groups is 1. The zero-order valence-corrected chi connectivity index (χ0v) is 15.1. The van der Waals surface area contributed by atoms with Gasteiger partial charge in [-0.1, -0.05) is 13.3 Å². The number of hydrogen-bond donors (Lipinski definition) is 2. The molecule has 1 aromatic rings. The molecule has 0 aromatic heterocycles. The fraction of sp³-hybridized carbons (Fsp3) is 0.533. The van der Waals surface area contributed by atoms with Crippen LogP contribution in [0, 0.1) is 0 Å². The van der Waals surface area contributed by atoms with Crippen LogP contribution in [0.25, 0.3) is 0 Å². The van der Waals surface area contributed by atoms with E-state index in [0.29, 0.717) is 23.9 Å². The summed E-state index contributed by atoms with van der Waals surface area (Å²) < 4.78 is 32.3. The lowest BCUT2D eigenvalue weighted by molar-refractivity contribution is -0.132. The third-order valence-electron chi connectivity index (χ3n) is 3.69. The molecular weight excluding hydrogens is 352 g/mol. The monoisotopic (exact) mass is 374 g/mol. The van der Waals surface area contributed by atoms with Crippen LogP contribution in [-0.2, 0) is 14.8 Å². The summed E-state index contributed by atoms with van der Waals surface area (Å²) in [5.41, 5.74) is 1.55. The van der Waals surface area contributed by atoms with Crippen LogP contribution in [0.5, 0.6) is 5.75 Å². The van der Waals surface area contributed by atoms with Crippen LogP contribution < -0.4 is 10.2 Å². The van der Waals surface area contributed by atoms with Gasteiger partial charge in [0.15, 0.2) is 0 Å². The average molecular weight is 374 g/mol. The molecule has 24 heavy (non-hydrogen) atoms. The Morgan fingerprint density at radius 3 is 2.75 bits per heavy atom. The lowest BCUT2D eigenvalue weighted by atomic mass is 10.3. The molecule has 2 N–H and O–H groups in total. The second-order valence-corrected chi connectivity index (χ2v) is 8.40. The third-order valence-corrected chi connectivity index (χ3v) is 6.63. The summed E-state index contributed by atoms with van der Waals surface area (Å²) in [6.07, 6.45) is 1.96. The van der Waals surface area contributed by atoms with Crippen molar-refractivity contribution in [2.75, 3.05) is 24.7 Å². The highest BCUT2D eigenvalue weighted by molar-refractivity contribution is 7.99. The molecule has 1 aliphatic heterocycles. The second-order valence-electron chi connectivity index (χ2n) is 5.36. The Morgan fingerprint density at radius 1 is 1.42 bits per heavy atom. The van der Waals surface area contributed by atoms with Crippen molar-refractivity contribution in [3.63, 3.8) is 0 Å². The highest BCUT2D eigenvalue weighted by Gasteiger charge is 2.37. The number of nitrogens with zero attached hydrogens (tertiary/aromatic N) is 1. The van der Waals surface area contributed by atoms with Gasteiger partial charge in [-0.3, -0.25) is 10.0 Å². The maximum absolute atomic E-state index is 12.8. The standard InChI is InChI=1S/C15H22N2O5S2/c1-2-3-9-22-12-4-6-13(7-5-12)24(20,21)17-8-10-23-11-14(17)15(18)16-19/h4-7,14,19H,2-3,8-11H2,1H3,(H,16,18). The Morgan fingerprint density at radius 2 is 2.12 bits per heavy atom. The number of thioether (sulfide) groups is 1. The molecule has 9 heteroatoms. The number of amides is 1. The van der Waals surface area contributed by atoms with E-state index in [0.717, 1.165) is 17.1 Å². The minimum atomic E-state index is -3.82. The van der Waals surface area contributed by atoms with Crippen molar-refractivity contribution in [1.82, 2.24) is 9.79 Å². The largest absolute Gasteiger partial charge is 0.494 e. The van der Waals surface area contributed by atoms with Gasteiger partial charge >= 0.3 is 0 Å². The Balaban J connectivity index is 2.17. The van der Waals surface area contributed by atoms with Crippen LogP contribution in [0.4, 0.5) is 0 Å². The smallest absolute Gasteiger partial charge is 0.262 e. The predicted octanol–water partition coefficient (Wildman–Crippen LogP) is 1.48. The maximum Gasteiger partial charge on any atom is 0.262 e. The lowest BCUT2D eigenvalue weighted by Crippen LogP contribution is -2.53. The van der Waals surface area contributed by atoms with E-state index in [1.54, 1.807) is 17.6 Å². The van der Waals surface area contributed by atoms with E-state index in [-0.39, 0.29) is 11.4 Å². The third kappa shape index (κ3) is 4.41. The number of carbonyl (C=O) groups is 1. The quantitative estimate of drug-likeness (QED) is 0.426. The first-order chi connectivity index (χ1) is 11.5. The predicted molar refractivity (Wildman–Crippen MR) is 91.8 cm³/mol. The Bertz CT molecular complexity index is 648. The van der Waals surface area contributed by atoms with Gasteiger partial charge in [0, 0.05) is 18.1 Å². The van der Waals surface area contributed by atoms with Crippen LogP contribution in [0.15, 0.2) is 29.2 Å². The molecule has 1 aliphatic rings. The molecule has 0 saturated carbocycles. The van der Waals surface area contributed by atoms with Gasteiger partial charge < -0.3 is 4.74 Å². The van der Waals surface area contributed by atoms with E-state index in [4.69, 9.17) is 9.94 Å². The van der Waals surface area contributed by atoms with Crippen molar-refractivity contribution >= 4 is 27.7 Å². The van der Waals surface area contributed by atoms with E-state index < -0.39 is 22.0 Å². The maximum atomic E-state index is 12.8. The van der Waals surface area contributed by atoms with E-state index >= 15 is 0 Å². The molecule has 2 rings (SSSR count). The first-order valence-electron chi connectivity index (χ1n) is 7.77. The van der Waals surface area contributed by atoms with Crippen LogP contribution in [0.1, 0.15) is 19.8 Å². The summed E-state index contributed by atoms with van der Waals surface area (Å²) in [4.78, 5) is 11.9. The minimum absolute atomic E-state index is 0.105. The van der Waals surface area contributed by atoms with Crippen LogP contribution >= 0.6 is 11.8 Å². The highest BCUT2D eigenvalue weighted by Crippen LogP contribution is 2.26. The summed E-state index contributed by atoms with van der Waals surface area (Å²) in [6, 6.07) is 5.27. The van der Waals surface area contributed by atoms with E-state index in [1.165, 1.54) is 23.9 Å². The molecule has 0 bridgehead atoms. The molecule has 0 spiro atoms. The zero-order valence-electron chi connectivity index (χ0n) is 13.5. The van der Waals surface area contributed by atoms with Gasteiger partial charge in [-0.05, 0) is 30.7 Å². The van der Waals surface area contributed by atoms with Crippen molar-refractivity contribution in [1.29, 1.82) is 0 Å². The summed E-state index contributed by atoms with van der Waals surface area (Å²) in [6.45, 7) is 2.87. The molecule has 1 unspecified atom stereocenters. The number of hydrogen-bond acceptors (Lipinski definition) is 6. The number of carbonyl (C=O) groups excluding carboxylic acids is 1. The van der Waals surface area contributed by atoms with Gasteiger partial charge in [-0.15, -0.1) is 0 Å². The Labute approximate surface area is 146 Å². The van der Waals surface area contributed by atoms with Gasteiger partial charge in [0.1, 0.15) is 11.8 Å². The van der Waals surface area contributed by atoms with Crippen molar-refractivity contribution < 1.29 is 23.2 Å². The number of rotatable bonds is 7. The molecule has 7 nitrogen and oxygen atoms in total. The number of unbranched alkanes of at least 4 members (excludes halogenated alkanes) is 1. The molecule has 134 valence electrons. The first-order valence-corrected chi connectivity index (χ1v) is 10.4. The van der Waals surface area contributed by atoms with Crippen molar-refractivity contribution in [3.05, 3.63) is 24.3 Å². The first kappa shape index (κ1) is 19.0. The molecule has 0 aliphatic carbocycles. The summed E-state index contributed by atoms with van der Waals surface area (Å²) >= 11 is 1.48. The van der Waals surface area contributed by atoms with Gasteiger partial charge in [-0.2, -0.15) is 16.1 Å². The molecule has 1 atom stereocenters. The van der Waals surface area contributed by atoms with E-state index in [1.807, 2.05) is 0 Å². The summed E-state index contributed by atoms with van der Waals surface area (Å²) in [5.74, 6) is 0.808. The van der Waals surface area contributed by atoms with Gasteiger partial charge in [0.05, 0.1) is 11.5 Å². The lowest BCUT2D eigenvalue weighted by Gasteiger charge is -2.32. The van der Waals surface area contributed by atoms with Gasteiger partial charge in [-0.25, -0.2) is 13.9 Å². The highest BCUT2D eigenvalue weighted by atomic mass is 32.2. The van der Waals surface area contributed by atoms with Crippen LogP contribution in [-0.4, -0.2) is 54.5 Å². The second kappa shape index (κ2) is 8.70. The zero-order chi connectivity index (χ0) is 17.6. The fourth-order valence-corrected chi connectivity index (χ4v) is 5.18. The number of sulfonamides is 1. The average Bonchev–Trinajstić information content (AvgIpc) is 2.61. The fourth-order valence-electron chi connectivity index (χ4n) is 2.33. The minimum Gasteiger partial charge on any atom is -0.494 e. The van der Waals surface area contributed by atoms with Crippen molar-refractivity contribution in [2.24, 2.45) is 0 Å². The van der Waals surface area contributed by atoms with Gasteiger partial charge in [0.25, 0.3) is 5.91 Å². The normalized spacial score (nSPS) is 19.0. The summed E-state index contributed by atoms with van der Waals surface area (Å²) in [7, 11) is -3.82. The molecule has 0 radical (unpaired) electrons. The number of nitrogens with one attached hydrogen (secondary N) is 1. The van der Waals surface area contributed by atoms with Crippen molar-refractivity contribution in [2.45, 2.75) is 30.7 Å². The molecule has 1 saturated heterocycles. The molecule has 1 aromatic carbocycles. The SMILES string of the molecule is CCCCOc1ccc(S(=O)(=O)N2CCSCC2C(=O)NO)cc1. The Hall–Kier alpha value is -1.29. The molecule has 1 fully saturated rings. The topological polar surface area (TPSA) is 95.9 Å².